The lowest BCUT2D eigenvalue weighted by molar-refractivity contribution is -0.148. The van der Waals surface area contributed by atoms with Crippen molar-refractivity contribution in [2.45, 2.75) is 45.1 Å². The molecule has 1 amide bonds. The summed E-state index contributed by atoms with van der Waals surface area (Å²) in [7, 11) is 0. The van der Waals surface area contributed by atoms with Gasteiger partial charge >= 0.3 is 11.9 Å². The van der Waals surface area contributed by atoms with Gasteiger partial charge in [0.1, 0.15) is 0 Å². The van der Waals surface area contributed by atoms with Gasteiger partial charge < -0.3 is 20.9 Å². The second-order valence-electron chi connectivity index (χ2n) is 4.08. The maximum Gasteiger partial charge on any atom is 0.332 e. The van der Waals surface area contributed by atoms with E-state index in [2.05, 4.69) is 10.1 Å². The second kappa shape index (κ2) is 10.3. The molecule has 0 bridgehead atoms. The normalized spacial score (nSPS) is 11.7. The quantitative estimate of drug-likeness (QED) is 0.294. The number of carbonyl (C=O) groups is 3. The number of carboxylic acids is 1. The molecule has 0 aliphatic heterocycles. The highest BCUT2D eigenvalue weighted by atomic mass is 16.5. The number of aliphatic carboxylic acids is 1. The van der Waals surface area contributed by atoms with Crippen molar-refractivity contribution in [3.05, 3.63) is 0 Å². The lowest BCUT2D eigenvalue weighted by Gasteiger charge is -2.10. The molecule has 0 heterocycles. The van der Waals surface area contributed by atoms with Crippen LogP contribution in [0.3, 0.4) is 0 Å². The Bertz CT molecular complexity index is 306. The molecule has 0 aliphatic rings. The molecule has 7 heteroatoms. The van der Waals surface area contributed by atoms with E-state index >= 15 is 0 Å². The fraction of sp³-hybridized carbons (Fsp3) is 0.750. The molecule has 0 radical (unpaired) electrons. The molecular weight excluding hydrogens is 252 g/mol. The van der Waals surface area contributed by atoms with Crippen LogP contribution in [0, 0.1) is 0 Å². The van der Waals surface area contributed by atoms with Crippen molar-refractivity contribution in [3.8, 4) is 0 Å². The predicted octanol–water partition coefficient (Wildman–Crippen LogP) is 0.0281. The number of ether oxygens (including phenoxy) is 1. The number of hydrogen-bond acceptors (Lipinski definition) is 5. The van der Waals surface area contributed by atoms with Crippen LogP contribution in [0.4, 0.5) is 0 Å². The predicted molar refractivity (Wildman–Crippen MR) is 68.3 cm³/mol. The van der Waals surface area contributed by atoms with E-state index in [0.717, 1.165) is 19.3 Å². The maximum absolute atomic E-state index is 11.4. The fourth-order valence-electron chi connectivity index (χ4n) is 1.42. The topological polar surface area (TPSA) is 119 Å². The van der Waals surface area contributed by atoms with E-state index in [9.17, 15) is 14.4 Å². The number of unbranched alkanes of at least 4 members (excludes halogenated alkanes) is 3. The Hall–Kier alpha value is -1.63. The third-order valence-electron chi connectivity index (χ3n) is 2.44. The van der Waals surface area contributed by atoms with Crippen LogP contribution >= 0.6 is 0 Å². The Labute approximate surface area is 112 Å². The molecule has 0 saturated carbocycles. The molecular formula is C12H22N2O5. The standard InChI is InChI=1S/C12H22N2O5/c1-2-19-12(18)10(13)11(17)14-8-6-4-3-5-7-9(15)16/h10H,2-8,13H2,1H3,(H,14,17)(H,15,16). The van der Waals surface area contributed by atoms with Crippen molar-refractivity contribution in [2.24, 2.45) is 5.73 Å². The van der Waals surface area contributed by atoms with Gasteiger partial charge in [0.25, 0.3) is 0 Å². The Morgan fingerprint density at radius 3 is 2.42 bits per heavy atom. The molecule has 4 N–H and O–H groups in total. The minimum absolute atomic E-state index is 0.167. The van der Waals surface area contributed by atoms with E-state index in [1.54, 1.807) is 6.92 Å². The Kier molecular flexibility index (Phi) is 9.42. The number of nitrogens with one attached hydrogen (secondary N) is 1. The zero-order chi connectivity index (χ0) is 14.7. The molecule has 0 rings (SSSR count). The monoisotopic (exact) mass is 274 g/mol. The van der Waals surface area contributed by atoms with Gasteiger partial charge in [-0.2, -0.15) is 0 Å². The summed E-state index contributed by atoms with van der Waals surface area (Å²) >= 11 is 0. The first-order valence-corrected chi connectivity index (χ1v) is 6.40. The molecule has 0 fully saturated rings. The molecule has 0 aromatic rings. The average molecular weight is 274 g/mol. The van der Waals surface area contributed by atoms with Gasteiger partial charge in [0.2, 0.25) is 5.91 Å². The first-order chi connectivity index (χ1) is 8.99. The zero-order valence-corrected chi connectivity index (χ0v) is 11.2. The maximum atomic E-state index is 11.4. The fourth-order valence-corrected chi connectivity index (χ4v) is 1.42. The number of nitrogens with two attached hydrogens (primary N) is 1. The van der Waals surface area contributed by atoms with E-state index in [4.69, 9.17) is 10.8 Å². The average Bonchev–Trinajstić information content (AvgIpc) is 2.36. The van der Waals surface area contributed by atoms with Gasteiger partial charge in [0, 0.05) is 13.0 Å². The van der Waals surface area contributed by atoms with Gasteiger partial charge in [-0.05, 0) is 19.8 Å². The van der Waals surface area contributed by atoms with Crippen LogP contribution in [0.1, 0.15) is 39.0 Å². The van der Waals surface area contributed by atoms with E-state index in [1.165, 1.54) is 0 Å². The van der Waals surface area contributed by atoms with Gasteiger partial charge in [0.05, 0.1) is 6.61 Å². The summed E-state index contributed by atoms with van der Waals surface area (Å²) in [6, 6.07) is -1.29. The Morgan fingerprint density at radius 2 is 1.84 bits per heavy atom. The molecule has 0 aromatic carbocycles. The summed E-state index contributed by atoms with van der Waals surface area (Å²) in [6.07, 6.45) is 3.14. The highest BCUT2D eigenvalue weighted by Crippen LogP contribution is 2.02. The van der Waals surface area contributed by atoms with Crippen molar-refractivity contribution in [2.75, 3.05) is 13.2 Å². The first kappa shape index (κ1) is 17.4. The highest BCUT2D eigenvalue weighted by molar-refractivity contribution is 6.01. The van der Waals surface area contributed by atoms with Crippen molar-refractivity contribution in [3.63, 3.8) is 0 Å². The number of carboxylic acid groups (broad SMARTS) is 1. The summed E-state index contributed by atoms with van der Waals surface area (Å²) in [5, 5.41) is 11.0. The largest absolute Gasteiger partial charge is 0.481 e. The minimum Gasteiger partial charge on any atom is -0.481 e. The number of rotatable bonds is 10. The summed E-state index contributed by atoms with van der Waals surface area (Å²) in [4.78, 5) is 32.8. The SMILES string of the molecule is CCOC(=O)C(N)C(=O)NCCCCCCC(=O)O. The van der Waals surface area contributed by atoms with Crippen LogP contribution in [0.15, 0.2) is 0 Å². The van der Waals surface area contributed by atoms with Crippen molar-refractivity contribution in [1.29, 1.82) is 0 Å². The van der Waals surface area contributed by atoms with Crippen LogP contribution in [-0.2, 0) is 19.1 Å². The van der Waals surface area contributed by atoms with Gasteiger partial charge in [0.15, 0.2) is 6.04 Å². The highest BCUT2D eigenvalue weighted by Gasteiger charge is 2.22. The first-order valence-electron chi connectivity index (χ1n) is 6.40. The van der Waals surface area contributed by atoms with E-state index < -0.39 is 23.9 Å². The van der Waals surface area contributed by atoms with E-state index in [1.807, 2.05) is 0 Å². The molecule has 110 valence electrons. The van der Waals surface area contributed by atoms with E-state index in [-0.39, 0.29) is 13.0 Å². The molecule has 19 heavy (non-hydrogen) atoms. The zero-order valence-electron chi connectivity index (χ0n) is 11.2. The number of esters is 1. The van der Waals surface area contributed by atoms with Crippen molar-refractivity contribution in [1.82, 2.24) is 5.32 Å². The molecule has 0 aromatic heterocycles. The van der Waals surface area contributed by atoms with Gasteiger partial charge in [-0.1, -0.05) is 12.8 Å². The molecule has 1 unspecified atom stereocenters. The second-order valence-corrected chi connectivity index (χ2v) is 4.08. The van der Waals surface area contributed by atoms with Gasteiger partial charge in [-0.3, -0.25) is 9.59 Å². The lowest BCUT2D eigenvalue weighted by atomic mass is 10.1. The smallest absolute Gasteiger partial charge is 0.332 e. The van der Waals surface area contributed by atoms with Crippen LogP contribution in [0.25, 0.3) is 0 Å². The third kappa shape index (κ3) is 9.01. The summed E-state index contributed by atoms with van der Waals surface area (Å²) in [5.74, 6) is -2.08. The van der Waals surface area contributed by atoms with Crippen LogP contribution in [0.2, 0.25) is 0 Å². The minimum atomic E-state index is -1.29. The van der Waals surface area contributed by atoms with Gasteiger partial charge in [-0.15, -0.1) is 0 Å². The molecule has 0 spiro atoms. The van der Waals surface area contributed by atoms with Crippen molar-refractivity contribution < 1.29 is 24.2 Å². The summed E-state index contributed by atoms with van der Waals surface area (Å²) in [6.45, 7) is 2.24. The van der Waals surface area contributed by atoms with Crippen LogP contribution in [-0.4, -0.2) is 42.1 Å². The lowest BCUT2D eigenvalue weighted by Crippen LogP contribution is -2.47. The summed E-state index contributed by atoms with van der Waals surface area (Å²) < 4.78 is 4.63. The number of amides is 1. The third-order valence-corrected chi connectivity index (χ3v) is 2.44. The van der Waals surface area contributed by atoms with E-state index in [0.29, 0.717) is 13.0 Å². The number of carbonyl (C=O) groups excluding carboxylic acids is 2. The molecule has 7 nitrogen and oxygen atoms in total. The Morgan fingerprint density at radius 1 is 1.21 bits per heavy atom. The van der Waals surface area contributed by atoms with Crippen LogP contribution < -0.4 is 11.1 Å². The molecule has 0 aliphatic carbocycles. The van der Waals surface area contributed by atoms with Crippen molar-refractivity contribution >= 4 is 17.8 Å². The summed E-state index contributed by atoms with van der Waals surface area (Å²) in [5.41, 5.74) is 5.39. The molecule has 1 atom stereocenters. The number of hydrogen-bond donors (Lipinski definition) is 3. The molecule has 0 saturated heterocycles. The van der Waals surface area contributed by atoms with Crippen LogP contribution in [0.5, 0.6) is 0 Å². The Balaban J connectivity index is 3.58. The van der Waals surface area contributed by atoms with Gasteiger partial charge in [-0.25, -0.2) is 4.79 Å².